The van der Waals surface area contributed by atoms with Crippen LogP contribution in [0.1, 0.15) is 25.3 Å². The van der Waals surface area contributed by atoms with E-state index >= 15 is 0 Å². The van der Waals surface area contributed by atoms with Gasteiger partial charge in [0.05, 0.1) is 20.1 Å². The maximum atomic E-state index is 12.7. The molecule has 8 nitrogen and oxygen atoms in total. The number of carbonyl (C=O) groups is 3. The van der Waals surface area contributed by atoms with Gasteiger partial charge in [0.25, 0.3) is 5.91 Å². The first-order valence-electron chi connectivity index (χ1n) is 9.30. The van der Waals surface area contributed by atoms with Gasteiger partial charge in [0.1, 0.15) is 11.5 Å². The predicted octanol–water partition coefficient (Wildman–Crippen LogP) is 1.91. The van der Waals surface area contributed by atoms with Gasteiger partial charge in [-0.1, -0.05) is 0 Å². The van der Waals surface area contributed by atoms with Gasteiger partial charge in [0, 0.05) is 43.8 Å². The Bertz CT molecular complexity index is 768. The van der Waals surface area contributed by atoms with Crippen LogP contribution in [-0.4, -0.2) is 66.7 Å². The molecule has 1 aromatic carbocycles. The first-order chi connectivity index (χ1) is 14.0. The van der Waals surface area contributed by atoms with Crippen LogP contribution in [0.25, 0.3) is 6.08 Å². The summed E-state index contributed by atoms with van der Waals surface area (Å²) < 4.78 is 10.5. The lowest BCUT2D eigenvalue weighted by Gasteiger charge is -2.27. The van der Waals surface area contributed by atoms with Crippen molar-refractivity contribution in [2.45, 2.75) is 19.8 Å². The first-order valence-corrected chi connectivity index (χ1v) is 10.5. The number of hydrogen-bond donors (Lipinski definition) is 1. The number of carbonyl (C=O) groups excluding carboxylic acids is 3. The summed E-state index contributed by atoms with van der Waals surface area (Å²) in [5.41, 5.74) is 0.714. The summed E-state index contributed by atoms with van der Waals surface area (Å²) >= 11 is 1.47. The zero-order chi connectivity index (χ0) is 21.2. The highest BCUT2D eigenvalue weighted by molar-refractivity contribution is 7.99. The Balaban J connectivity index is 1.95. The minimum atomic E-state index is -0.258. The molecule has 1 aliphatic heterocycles. The Labute approximate surface area is 175 Å². The normalized spacial score (nSPS) is 13.6. The zero-order valence-electron chi connectivity index (χ0n) is 17.0. The molecule has 0 unspecified atom stereocenters. The highest BCUT2D eigenvalue weighted by Gasteiger charge is 2.29. The summed E-state index contributed by atoms with van der Waals surface area (Å²) in [7, 11) is 3.13. The van der Waals surface area contributed by atoms with Gasteiger partial charge in [-0.15, -0.1) is 11.8 Å². The number of rotatable bonds is 9. The molecule has 1 saturated heterocycles. The molecule has 9 heteroatoms. The fraction of sp³-hybridized carbons (Fsp3) is 0.450. The van der Waals surface area contributed by atoms with E-state index in [1.807, 2.05) is 0 Å². The van der Waals surface area contributed by atoms with Crippen LogP contribution < -0.4 is 14.8 Å². The monoisotopic (exact) mass is 421 g/mol. The van der Waals surface area contributed by atoms with E-state index in [2.05, 4.69) is 5.32 Å². The van der Waals surface area contributed by atoms with Crippen LogP contribution in [0.5, 0.6) is 11.5 Å². The lowest BCUT2D eigenvalue weighted by molar-refractivity contribution is -0.154. The summed E-state index contributed by atoms with van der Waals surface area (Å²) in [6.07, 6.45) is 4.15. The smallest absolute Gasteiger partial charge is 0.265 e. The Kier molecular flexibility index (Phi) is 8.85. The maximum absolute atomic E-state index is 12.7. The third kappa shape index (κ3) is 6.70. The molecule has 0 aromatic heterocycles. The molecule has 0 atom stereocenters. The number of thioether (sulfide) groups is 1. The fourth-order valence-corrected chi connectivity index (χ4v) is 3.60. The van der Waals surface area contributed by atoms with E-state index in [0.717, 1.165) is 6.42 Å². The molecule has 1 N–H and O–H groups in total. The summed E-state index contributed by atoms with van der Waals surface area (Å²) in [4.78, 5) is 36.0. The molecule has 1 heterocycles. The number of hydrazine groups is 1. The van der Waals surface area contributed by atoms with E-state index in [4.69, 9.17) is 9.47 Å². The van der Waals surface area contributed by atoms with E-state index in [-0.39, 0.29) is 17.7 Å². The molecule has 0 saturated carbocycles. The number of hydrogen-bond acceptors (Lipinski definition) is 6. The zero-order valence-corrected chi connectivity index (χ0v) is 17.8. The molecule has 29 heavy (non-hydrogen) atoms. The Morgan fingerprint density at radius 3 is 2.62 bits per heavy atom. The Morgan fingerprint density at radius 2 is 1.93 bits per heavy atom. The first kappa shape index (κ1) is 22.6. The largest absolute Gasteiger partial charge is 0.497 e. The van der Waals surface area contributed by atoms with E-state index in [9.17, 15) is 14.4 Å². The topological polar surface area (TPSA) is 88.2 Å². The van der Waals surface area contributed by atoms with E-state index < -0.39 is 0 Å². The molecular formula is C20H27N3O5S. The minimum Gasteiger partial charge on any atom is -0.497 e. The average Bonchev–Trinajstić information content (AvgIpc) is 3.21. The van der Waals surface area contributed by atoms with Crippen LogP contribution >= 0.6 is 11.8 Å². The van der Waals surface area contributed by atoms with Gasteiger partial charge in [-0.3, -0.25) is 19.4 Å². The third-order valence-corrected chi connectivity index (χ3v) is 5.14. The molecule has 1 aliphatic rings. The number of benzene rings is 1. The van der Waals surface area contributed by atoms with Crippen molar-refractivity contribution in [2.24, 2.45) is 0 Å². The van der Waals surface area contributed by atoms with Crippen molar-refractivity contribution >= 4 is 35.6 Å². The van der Waals surface area contributed by atoms with Crippen molar-refractivity contribution in [3.05, 3.63) is 29.8 Å². The highest BCUT2D eigenvalue weighted by Crippen LogP contribution is 2.25. The summed E-state index contributed by atoms with van der Waals surface area (Å²) in [6, 6.07) is 5.33. The second-order valence-electron chi connectivity index (χ2n) is 6.31. The lowest BCUT2D eigenvalue weighted by atomic mass is 10.1. The van der Waals surface area contributed by atoms with E-state index in [1.165, 1.54) is 34.8 Å². The third-order valence-electron chi connectivity index (χ3n) is 4.30. The average molecular weight is 422 g/mol. The number of amides is 3. The molecule has 0 bridgehead atoms. The predicted molar refractivity (Wildman–Crippen MR) is 112 cm³/mol. The van der Waals surface area contributed by atoms with Crippen molar-refractivity contribution in [1.82, 2.24) is 15.3 Å². The van der Waals surface area contributed by atoms with Crippen molar-refractivity contribution in [1.29, 1.82) is 0 Å². The second-order valence-corrected chi connectivity index (χ2v) is 7.41. The van der Waals surface area contributed by atoms with Crippen LogP contribution in [-0.2, 0) is 14.4 Å². The molecule has 1 aromatic rings. The van der Waals surface area contributed by atoms with Crippen molar-refractivity contribution < 1.29 is 23.9 Å². The van der Waals surface area contributed by atoms with Gasteiger partial charge in [-0.2, -0.15) is 0 Å². The van der Waals surface area contributed by atoms with Crippen molar-refractivity contribution in [2.75, 3.05) is 38.9 Å². The second kappa shape index (κ2) is 11.4. The molecule has 2 rings (SSSR count). The molecule has 0 radical (unpaired) electrons. The van der Waals surface area contributed by atoms with Crippen LogP contribution in [0.15, 0.2) is 24.3 Å². The summed E-state index contributed by atoms with van der Waals surface area (Å²) in [5, 5.41) is 5.66. The van der Waals surface area contributed by atoms with Crippen LogP contribution in [0.2, 0.25) is 0 Å². The Morgan fingerprint density at radius 1 is 1.17 bits per heavy atom. The molecular weight excluding hydrogens is 394 g/mol. The van der Waals surface area contributed by atoms with Gasteiger partial charge in [0.15, 0.2) is 0 Å². The number of nitrogens with one attached hydrogen (secondary N) is 1. The molecule has 3 amide bonds. The number of methoxy groups -OCH3 is 2. The van der Waals surface area contributed by atoms with Crippen molar-refractivity contribution in [3.8, 4) is 11.5 Å². The van der Waals surface area contributed by atoms with Crippen LogP contribution in [0.3, 0.4) is 0 Å². The van der Waals surface area contributed by atoms with E-state index in [0.29, 0.717) is 48.2 Å². The fourth-order valence-electron chi connectivity index (χ4n) is 2.83. The van der Waals surface area contributed by atoms with Gasteiger partial charge in [-0.05, 0) is 30.7 Å². The van der Waals surface area contributed by atoms with Gasteiger partial charge < -0.3 is 14.8 Å². The number of ether oxygens (including phenoxy) is 2. The molecule has 158 valence electrons. The van der Waals surface area contributed by atoms with E-state index in [1.54, 1.807) is 38.5 Å². The molecule has 1 fully saturated rings. The summed E-state index contributed by atoms with van der Waals surface area (Å²) in [6.45, 7) is 2.48. The lowest BCUT2D eigenvalue weighted by Crippen LogP contribution is -2.44. The maximum Gasteiger partial charge on any atom is 0.265 e. The van der Waals surface area contributed by atoms with Crippen molar-refractivity contribution in [3.63, 3.8) is 0 Å². The van der Waals surface area contributed by atoms with Gasteiger partial charge >= 0.3 is 0 Å². The summed E-state index contributed by atoms with van der Waals surface area (Å²) in [5.74, 6) is 1.88. The molecule has 0 aliphatic carbocycles. The Hall–Kier alpha value is -2.68. The SMILES string of the molecule is COc1ccc(OC)c(/C=C/C(=O)N2CCCN2C(=O)CCSCNC(C)=O)c1. The molecule has 0 spiro atoms. The van der Waals surface area contributed by atoms with Gasteiger partial charge in [0.2, 0.25) is 11.8 Å². The highest BCUT2D eigenvalue weighted by atomic mass is 32.2. The quantitative estimate of drug-likeness (QED) is 0.372. The van der Waals surface area contributed by atoms with Crippen LogP contribution in [0.4, 0.5) is 0 Å². The van der Waals surface area contributed by atoms with Gasteiger partial charge in [-0.25, -0.2) is 5.01 Å². The van der Waals surface area contributed by atoms with Crippen LogP contribution in [0, 0.1) is 0 Å². The standard InChI is InChI=1S/C20H27N3O5S/c1-15(24)21-14-29-12-9-20(26)23-11-4-10-22(23)19(25)8-5-16-13-17(27-2)6-7-18(16)28-3/h5-8,13H,4,9-12,14H2,1-3H3,(H,21,24)/b8-5+. The minimum absolute atomic E-state index is 0.0976. The number of nitrogens with zero attached hydrogens (tertiary/aromatic N) is 2.